The molecule has 0 radical (unpaired) electrons. The molecule has 0 aliphatic carbocycles. The van der Waals surface area contributed by atoms with Gasteiger partial charge in [-0.05, 0) is 67.1 Å². The maximum atomic E-state index is 10.7. The maximum absolute atomic E-state index is 10.7. The van der Waals surface area contributed by atoms with E-state index < -0.39 is 0 Å². The van der Waals surface area contributed by atoms with Crippen LogP contribution in [0.1, 0.15) is 28.8 Å². The second kappa shape index (κ2) is 8.52. The zero-order valence-corrected chi connectivity index (χ0v) is 17.7. The molecular formula is C24H29N3OS. The van der Waals surface area contributed by atoms with E-state index in [1.54, 1.807) is 0 Å². The third-order valence-electron chi connectivity index (χ3n) is 6.40. The average Bonchev–Trinajstić information content (AvgIpc) is 3.46. The molecule has 152 valence electrons. The summed E-state index contributed by atoms with van der Waals surface area (Å²) in [5, 5.41) is 14.2. The summed E-state index contributed by atoms with van der Waals surface area (Å²) in [6, 6.07) is 12.8. The fourth-order valence-electron chi connectivity index (χ4n) is 4.90. The Kier molecular flexibility index (Phi) is 5.64. The summed E-state index contributed by atoms with van der Waals surface area (Å²) in [5.74, 6) is 0.282. The molecule has 1 aromatic carbocycles. The number of aromatic nitrogens is 1. The van der Waals surface area contributed by atoms with Gasteiger partial charge in [0.05, 0.1) is 11.6 Å². The first-order chi connectivity index (χ1) is 14.2. The topological polar surface area (TPSA) is 39.6 Å². The predicted octanol–water partition coefficient (Wildman–Crippen LogP) is 3.93. The number of rotatable bonds is 6. The molecule has 0 amide bonds. The van der Waals surface area contributed by atoms with Crippen LogP contribution in [0.2, 0.25) is 0 Å². The minimum absolute atomic E-state index is 0.258. The van der Waals surface area contributed by atoms with Gasteiger partial charge in [-0.15, -0.1) is 11.3 Å². The van der Waals surface area contributed by atoms with Crippen LogP contribution in [0.5, 0.6) is 0 Å². The minimum atomic E-state index is -0.258. The van der Waals surface area contributed by atoms with Gasteiger partial charge in [-0.1, -0.05) is 18.2 Å². The van der Waals surface area contributed by atoms with Crippen LogP contribution in [0.3, 0.4) is 0 Å². The lowest BCUT2D eigenvalue weighted by Gasteiger charge is -2.16. The van der Waals surface area contributed by atoms with Crippen molar-refractivity contribution in [1.82, 2.24) is 14.8 Å². The summed E-state index contributed by atoms with van der Waals surface area (Å²) >= 11 is 1.87. The van der Waals surface area contributed by atoms with E-state index in [1.165, 1.54) is 47.3 Å². The highest BCUT2D eigenvalue weighted by Crippen LogP contribution is 2.28. The van der Waals surface area contributed by atoms with Gasteiger partial charge in [-0.2, -0.15) is 0 Å². The molecule has 2 aromatic heterocycles. The zero-order valence-electron chi connectivity index (χ0n) is 16.8. The number of para-hydroxylation sites is 1. The monoisotopic (exact) mass is 407 g/mol. The van der Waals surface area contributed by atoms with Crippen LogP contribution in [0.4, 0.5) is 0 Å². The molecular weight excluding hydrogens is 378 g/mol. The third-order valence-corrected chi connectivity index (χ3v) is 7.37. The number of thiophene rings is 1. The van der Waals surface area contributed by atoms with E-state index in [2.05, 4.69) is 50.5 Å². The highest BCUT2D eigenvalue weighted by Gasteiger charge is 2.31. The Labute approximate surface area is 176 Å². The first kappa shape index (κ1) is 19.2. The van der Waals surface area contributed by atoms with Crippen LogP contribution >= 0.6 is 11.3 Å². The van der Waals surface area contributed by atoms with E-state index in [1.807, 2.05) is 23.6 Å². The number of fused-ring (bicyclic) bond motifs is 1. The average molecular weight is 408 g/mol. The van der Waals surface area contributed by atoms with Crippen LogP contribution in [-0.4, -0.2) is 52.2 Å². The zero-order chi connectivity index (χ0) is 19.6. The Morgan fingerprint density at radius 1 is 1.03 bits per heavy atom. The highest BCUT2D eigenvalue weighted by molar-refractivity contribution is 7.10. The summed E-state index contributed by atoms with van der Waals surface area (Å²) in [5.41, 5.74) is 3.79. The molecule has 2 atom stereocenters. The van der Waals surface area contributed by atoms with Crippen LogP contribution in [0.25, 0.3) is 10.9 Å². The molecule has 0 spiro atoms. The fourth-order valence-corrected chi connectivity index (χ4v) is 5.82. The Balaban J connectivity index is 1.21. The van der Waals surface area contributed by atoms with Gasteiger partial charge in [0.15, 0.2) is 0 Å². The van der Waals surface area contributed by atoms with E-state index in [0.717, 1.165) is 38.1 Å². The molecule has 5 heteroatoms. The first-order valence-corrected chi connectivity index (χ1v) is 11.6. The summed E-state index contributed by atoms with van der Waals surface area (Å²) in [6.45, 7) is 6.26. The SMILES string of the molecule is O[C@@H]1CN(Cc2cc(CN3CCCC3)cs2)C[C@H]1Cc1ccnc2ccccc12. The van der Waals surface area contributed by atoms with Crippen molar-refractivity contribution >= 4 is 22.2 Å². The molecule has 29 heavy (non-hydrogen) atoms. The molecule has 1 N–H and O–H groups in total. The minimum Gasteiger partial charge on any atom is -0.391 e. The quantitative estimate of drug-likeness (QED) is 0.672. The number of aliphatic hydroxyl groups is 1. The predicted molar refractivity (Wildman–Crippen MR) is 119 cm³/mol. The van der Waals surface area contributed by atoms with Crippen molar-refractivity contribution < 1.29 is 5.11 Å². The molecule has 4 heterocycles. The van der Waals surface area contributed by atoms with Crippen molar-refractivity contribution in [1.29, 1.82) is 0 Å². The van der Waals surface area contributed by atoms with Crippen LogP contribution < -0.4 is 0 Å². The normalized spacial score (nSPS) is 23.3. The number of aliphatic hydroxyl groups excluding tert-OH is 1. The number of β-amino-alcohol motifs (C(OH)–C–C–N with tert-alkyl or cyclic N) is 1. The number of likely N-dealkylation sites (tertiary alicyclic amines) is 2. The van der Waals surface area contributed by atoms with Gasteiger partial charge in [0.1, 0.15) is 0 Å². The second-order valence-electron chi connectivity index (χ2n) is 8.62. The smallest absolute Gasteiger partial charge is 0.0710 e. The van der Waals surface area contributed by atoms with Gasteiger partial charge < -0.3 is 5.11 Å². The van der Waals surface area contributed by atoms with Gasteiger partial charge in [0.2, 0.25) is 0 Å². The fraction of sp³-hybridized carbons (Fsp3) is 0.458. The summed E-state index contributed by atoms with van der Waals surface area (Å²) in [6.07, 6.45) is 5.23. The standard InChI is InChI=1S/C24H29N3OS/c28-24-16-27(15-21-11-18(17-29-21)13-26-9-3-4-10-26)14-20(24)12-19-7-8-25-23-6-2-1-5-22(19)23/h1-2,5-8,11,17,20,24,28H,3-4,9-10,12-16H2/t20-,24-/m1/s1. The summed E-state index contributed by atoms with van der Waals surface area (Å²) in [4.78, 5) is 10.9. The number of hydrogen-bond donors (Lipinski definition) is 1. The van der Waals surface area contributed by atoms with Gasteiger partial charge >= 0.3 is 0 Å². The number of benzene rings is 1. The van der Waals surface area contributed by atoms with E-state index in [-0.39, 0.29) is 12.0 Å². The van der Waals surface area contributed by atoms with E-state index in [0.29, 0.717) is 0 Å². The van der Waals surface area contributed by atoms with Gasteiger partial charge in [0.25, 0.3) is 0 Å². The van der Waals surface area contributed by atoms with Crippen molar-refractivity contribution in [2.45, 2.75) is 38.5 Å². The van der Waals surface area contributed by atoms with E-state index in [4.69, 9.17) is 0 Å². The lowest BCUT2D eigenvalue weighted by Crippen LogP contribution is -2.21. The molecule has 0 bridgehead atoms. The number of pyridine rings is 1. The first-order valence-electron chi connectivity index (χ1n) is 10.8. The van der Waals surface area contributed by atoms with Crippen LogP contribution in [-0.2, 0) is 19.5 Å². The van der Waals surface area contributed by atoms with E-state index >= 15 is 0 Å². The molecule has 0 unspecified atom stereocenters. The Morgan fingerprint density at radius 2 is 1.90 bits per heavy atom. The lowest BCUT2D eigenvalue weighted by molar-refractivity contribution is 0.141. The molecule has 0 saturated carbocycles. The second-order valence-corrected chi connectivity index (χ2v) is 9.61. The Morgan fingerprint density at radius 3 is 2.79 bits per heavy atom. The molecule has 2 aliphatic rings. The molecule has 5 rings (SSSR count). The van der Waals surface area contributed by atoms with Crippen molar-refractivity contribution in [2.75, 3.05) is 26.2 Å². The van der Waals surface area contributed by atoms with Crippen molar-refractivity contribution in [2.24, 2.45) is 5.92 Å². The Bertz CT molecular complexity index is 960. The summed E-state index contributed by atoms with van der Waals surface area (Å²) in [7, 11) is 0. The Hall–Kier alpha value is -1.79. The number of nitrogens with zero attached hydrogens (tertiary/aromatic N) is 3. The molecule has 2 aliphatic heterocycles. The van der Waals surface area contributed by atoms with Crippen LogP contribution in [0, 0.1) is 5.92 Å². The van der Waals surface area contributed by atoms with Crippen molar-refractivity contribution in [3.63, 3.8) is 0 Å². The number of hydrogen-bond acceptors (Lipinski definition) is 5. The molecule has 3 aromatic rings. The molecule has 2 fully saturated rings. The summed E-state index contributed by atoms with van der Waals surface area (Å²) < 4.78 is 0. The van der Waals surface area contributed by atoms with Gasteiger partial charge in [0, 0.05) is 48.6 Å². The van der Waals surface area contributed by atoms with Crippen molar-refractivity contribution in [3.8, 4) is 0 Å². The highest BCUT2D eigenvalue weighted by atomic mass is 32.1. The van der Waals surface area contributed by atoms with Gasteiger partial charge in [-0.25, -0.2) is 0 Å². The maximum Gasteiger partial charge on any atom is 0.0710 e. The largest absolute Gasteiger partial charge is 0.391 e. The molecule has 2 saturated heterocycles. The van der Waals surface area contributed by atoms with Crippen LogP contribution in [0.15, 0.2) is 48.0 Å². The molecule has 4 nitrogen and oxygen atoms in total. The third kappa shape index (κ3) is 4.38. The lowest BCUT2D eigenvalue weighted by atomic mass is 9.94. The van der Waals surface area contributed by atoms with Crippen molar-refractivity contribution in [3.05, 3.63) is 64.0 Å². The van der Waals surface area contributed by atoms with E-state index in [9.17, 15) is 5.11 Å². The van der Waals surface area contributed by atoms with Gasteiger partial charge in [-0.3, -0.25) is 14.8 Å².